The fourth-order valence-corrected chi connectivity index (χ4v) is 5.71. The van der Waals surface area contributed by atoms with Crippen molar-refractivity contribution in [2.24, 2.45) is 0 Å². The van der Waals surface area contributed by atoms with Gasteiger partial charge in [0.25, 0.3) is 5.91 Å². The SMILES string of the molecule is CNC(=O)c1c(-c2ccc(F)cc2)oc2nc(N(CCCC(=O)NS(C)(=O)=O)S(C)(=O)=O)c(I)cc12. The molecular formula is C21H22FIN4O7S2. The van der Waals surface area contributed by atoms with Gasteiger partial charge in [-0.25, -0.2) is 21.2 Å². The molecule has 3 aromatic rings. The van der Waals surface area contributed by atoms with Gasteiger partial charge in [0.15, 0.2) is 5.82 Å². The zero-order chi connectivity index (χ0) is 26.8. The van der Waals surface area contributed by atoms with Crippen molar-refractivity contribution in [2.75, 3.05) is 30.4 Å². The lowest BCUT2D eigenvalue weighted by molar-refractivity contribution is -0.119. The van der Waals surface area contributed by atoms with E-state index in [2.05, 4.69) is 10.3 Å². The molecule has 0 spiro atoms. The first kappa shape index (κ1) is 27.8. The largest absolute Gasteiger partial charge is 0.437 e. The molecule has 2 N–H and O–H groups in total. The van der Waals surface area contributed by atoms with E-state index >= 15 is 0 Å². The van der Waals surface area contributed by atoms with Gasteiger partial charge in [0.05, 0.1) is 27.0 Å². The average Bonchev–Trinajstić information content (AvgIpc) is 3.12. The average molecular weight is 652 g/mol. The lowest BCUT2D eigenvalue weighted by Gasteiger charge is -2.22. The normalized spacial score (nSPS) is 11.9. The number of pyridine rings is 1. The van der Waals surface area contributed by atoms with Gasteiger partial charge in [0.2, 0.25) is 31.7 Å². The minimum atomic E-state index is -3.87. The Kier molecular flexibility index (Phi) is 8.24. The van der Waals surface area contributed by atoms with Crippen molar-refractivity contribution in [2.45, 2.75) is 12.8 Å². The Balaban J connectivity index is 2.05. The fourth-order valence-electron chi connectivity index (χ4n) is 3.39. The zero-order valence-corrected chi connectivity index (χ0v) is 23.1. The summed E-state index contributed by atoms with van der Waals surface area (Å²) in [6.07, 6.45) is 1.57. The van der Waals surface area contributed by atoms with E-state index in [0.717, 1.165) is 16.8 Å². The van der Waals surface area contributed by atoms with Gasteiger partial charge in [0, 0.05) is 25.6 Å². The lowest BCUT2D eigenvalue weighted by Crippen LogP contribution is -2.34. The minimum Gasteiger partial charge on any atom is -0.437 e. The van der Waals surface area contributed by atoms with Gasteiger partial charge in [0.1, 0.15) is 11.6 Å². The number of carbonyl (C=O) groups is 2. The number of anilines is 1. The third-order valence-corrected chi connectivity index (χ3v) is 7.43. The molecule has 0 atom stereocenters. The van der Waals surface area contributed by atoms with Gasteiger partial charge in [-0.2, -0.15) is 4.98 Å². The fraction of sp³-hybridized carbons (Fsp3) is 0.286. The Morgan fingerprint density at radius 2 is 1.78 bits per heavy atom. The smallest absolute Gasteiger partial charge is 0.255 e. The number of nitrogens with one attached hydrogen (secondary N) is 2. The molecule has 11 nitrogen and oxygen atoms in total. The summed E-state index contributed by atoms with van der Waals surface area (Å²) in [5, 5.41) is 2.85. The highest BCUT2D eigenvalue weighted by atomic mass is 127. The van der Waals surface area contributed by atoms with Crippen LogP contribution < -0.4 is 14.3 Å². The van der Waals surface area contributed by atoms with Crippen LogP contribution in [-0.4, -0.2) is 59.7 Å². The number of fused-ring (bicyclic) bond motifs is 1. The van der Waals surface area contributed by atoms with E-state index in [1.165, 1.54) is 31.3 Å². The highest BCUT2D eigenvalue weighted by Gasteiger charge is 2.27. The maximum absolute atomic E-state index is 13.4. The molecule has 0 aliphatic heterocycles. The second kappa shape index (κ2) is 10.7. The molecule has 15 heteroatoms. The summed E-state index contributed by atoms with van der Waals surface area (Å²) in [7, 11) is -6.16. The lowest BCUT2D eigenvalue weighted by atomic mass is 10.1. The Hall–Kier alpha value is -2.79. The van der Waals surface area contributed by atoms with Crippen LogP contribution in [-0.2, 0) is 24.8 Å². The van der Waals surface area contributed by atoms with E-state index in [9.17, 15) is 30.8 Å². The number of carbonyl (C=O) groups excluding carboxylic acids is 2. The van der Waals surface area contributed by atoms with Gasteiger partial charge >= 0.3 is 0 Å². The number of hydrogen-bond donors (Lipinski definition) is 2. The number of rotatable bonds is 9. The quantitative estimate of drug-likeness (QED) is 0.334. The van der Waals surface area contributed by atoms with E-state index < -0.39 is 37.7 Å². The number of benzene rings is 1. The third kappa shape index (κ3) is 6.50. The Bertz CT molecular complexity index is 1540. The summed E-state index contributed by atoms with van der Waals surface area (Å²) in [6, 6.07) is 6.85. The van der Waals surface area contributed by atoms with Crippen LogP contribution in [0.3, 0.4) is 0 Å². The molecule has 1 aromatic carbocycles. The van der Waals surface area contributed by atoms with Crippen LogP contribution in [0.15, 0.2) is 34.7 Å². The Labute approximate surface area is 220 Å². The summed E-state index contributed by atoms with van der Waals surface area (Å²) in [5.41, 5.74) is 0.549. The van der Waals surface area contributed by atoms with Crippen LogP contribution in [0.25, 0.3) is 22.4 Å². The number of aromatic nitrogens is 1. The first-order valence-electron chi connectivity index (χ1n) is 10.3. The second-order valence-electron chi connectivity index (χ2n) is 7.77. The molecule has 2 heterocycles. The van der Waals surface area contributed by atoms with Crippen LogP contribution in [0.4, 0.5) is 10.2 Å². The summed E-state index contributed by atoms with van der Waals surface area (Å²) >= 11 is 1.88. The maximum atomic E-state index is 13.4. The molecule has 2 amide bonds. The predicted molar refractivity (Wildman–Crippen MR) is 140 cm³/mol. The van der Waals surface area contributed by atoms with E-state index in [-0.39, 0.29) is 42.2 Å². The van der Waals surface area contributed by atoms with Crippen molar-refractivity contribution in [3.05, 3.63) is 45.3 Å². The molecule has 0 saturated carbocycles. The highest BCUT2D eigenvalue weighted by molar-refractivity contribution is 14.1. The number of sulfonamides is 2. The van der Waals surface area contributed by atoms with Crippen LogP contribution in [0, 0.1) is 9.39 Å². The highest BCUT2D eigenvalue weighted by Crippen LogP contribution is 2.36. The van der Waals surface area contributed by atoms with E-state index in [0.29, 0.717) is 14.5 Å². The van der Waals surface area contributed by atoms with Crippen LogP contribution in [0.2, 0.25) is 0 Å². The molecule has 0 fully saturated rings. The molecular weight excluding hydrogens is 630 g/mol. The van der Waals surface area contributed by atoms with E-state index in [1.807, 2.05) is 27.3 Å². The zero-order valence-electron chi connectivity index (χ0n) is 19.3. The topological polar surface area (TPSA) is 156 Å². The molecule has 194 valence electrons. The molecule has 0 bridgehead atoms. The second-order valence-corrected chi connectivity index (χ2v) is 12.6. The number of amides is 2. The predicted octanol–water partition coefficient (Wildman–Crippen LogP) is 2.22. The van der Waals surface area contributed by atoms with Gasteiger partial charge in [-0.15, -0.1) is 0 Å². The molecule has 0 unspecified atom stereocenters. The number of nitrogens with zero attached hydrogens (tertiary/aromatic N) is 2. The summed E-state index contributed by atoms with van der Waals surface area (Å²) in [6.45, 7) is -0.168. The number of furan rings is 1. The van der Waals surface area contributed by atoms with Gasteiger partial charge in [-0.3, -0.25) is 18.6 Å². The van der Waals surface area contributed by atoms with Crippen LogP contribution in [0.1, 0.15) is 23.2 Å². The van der Waals surface area contributed by atoms with Crippen molar-refractivity contribution < 1.29 is 35.2 Å². The van der Waals surface area contributed by atoms with Crippen molar-refractivity contribution >= 4 is 71.4 Å². The van der Waals surface area contributed by atoms with Crippen LogP contribution in [0.5, 0.6) is 0 Å². The van der Waals surface area contributed by atoms with Crippen LogP contribution >= 0.6 is 22.6 Å². The van der Waals surface area contributed by atoms with Crippen molar-refractivity contribution in [1.29, 1.82) is 0 Å². The standard InChI is InChI=1S/C21H22FIN4O7S2/c1-24-20(29)17-14-11-15(23)19(25-21(14)34-18(17)12-6-8-13(22)9-7-12)27(36(3,32)33)10-4-5-16(28)26-35(2,30)31/h6-9,11H,4-5,10H2,1-3H3,(H,24,29)(H,26,28). The maximum Gasteiger partial charge on any atom is 0.255 e. The molecule has 0 radical (unpaired) electrons. The van der Waals surface area contributed by atoms with Crippen molar-refractivity contribution in [3.8, 4) is 11.3 Å². The monoisotopic (exact) mass is 652 g/mol. The van der Waals surface area contributed by atoms with Gasteiger partial charge in [-0.05, 0) is 59.3 Å². The first-order chi connectivity index (χ1) is 16.7. The summed E-state index contributed by atoms with van der Waals surface area (Å²) in [4.78, 5) is 28.8. The Morgan fingerprint density at radius 3 is 2.33 bits per heavy atom. The molecule has 2 aromatic heterocycles. The summed E-state index contributed by atoms with van der Waals surface area (Å²) in [5.74, 6) is -1.57. The minimum absolute atomic E-state index is 0.00664. The van der Waals surface area contributed by atoms with E-state index in [4.69, 9.17) is 4.42 Å². The number of hydrogen-bond acceptors (Lipinski definition) is 8. The first-order valence-corrected chi connectivity index (χ1v) is 15.1. The molecule has 0 saturated heterocycles. The van der Waals surface area contributed by atoms with E-state index in [1.54, 1.807) is 6.07 Å². The summed E-state index contributed by atoms with van der Waals surface area (Å²) < 4.78 is 70.0. The molecule has 0 aliphatic rings. The number of halogens is 2. The molecule has 3 rings (SSSR count). The Morgan fingerprint density at radius 1 is 1.14 bits per heavy atom. The van der Waals surface area contributed by atoms with Crippen molar-refractivity contribution in [3.63, 3.8) is 0 Å². The van der Waals surface area contributed by atoms with Gasteiger partial charge in [-0.1, -0.05) is 0 Å². The van der Waals surface area contributed by atoms with Gasteiger partial charge < -0.3 is 9.73 Å². The van der Waals surface area contributed by atoms with Crippen molar-refractivity contribution in [1.82, 2.24) is 15.0 Å². The molecule has 0 aliphatic carbocycles. The molecule has 36 heavy (non-hydrogen) atoms. The third-order valence-electron chi connectivity index (χ3n) is 4.88.